The van der Waals surface area contributed by atoms with Crippen LogP contribution in [0.25, 0.3) is 11.3 Å². The zero-order valence-corrected chi connectivity index (χ0v) is 18.7. The molecule has 0 saturated heterocycles. The Morgan fingerprint density at radius 1 is 0.968 bits per heavy atom. The zero-order chi connectivity index (χ0) is 22.1. The Hall–Kier alpha value is -3.39. The van der Waals surface area contributed by atoms with Gasteiger partial charge in [-0.15, -0.1) is 10.2 Å². The maximum atomic E-state index is 12.9. The van der Waals surface area contributed by atoms with Gasteiger partial charge in [-0.05, 0) is 74.2 Å². The van der Waals surface area contributed by atoms with Crippen LogP contribution in [0.3, 0.4) is 0 Å². The van der Waals surface area contributed by atoms with Gasteiger partial charge in [0.05, 0.1) is 5.75 Å². The smallest absolute Gasteiger partial charge is 0.300 e. The van der Waals surface area contributed by atoms with Crippen molar-refractivity contribution in [2.75, 3.05) is 11.1 Å². The fourth-order valence-corrected chi connectivity index (χ4v) is 4.13. The minimum absolute atomic E-state index is 0.143. The molecule has 0 aliphatic rings. The standard InChI is InChI=1S/C23H23N5O2S/c1-14-9-15(2)11-18(10-14)24-20(29)13-31-23-26-25-21-22(30)27(7-8-28(21)23)19-6-5-16(3)17(4)12-19/h5-12H,13H2,1-4H3,(H,24,29). The first-order valence-corrected chi connectivity index (χ1v) is 10.9. The number of carbonyl (C=O) groups is 1. The summed E-state index contributed by atoms with van der Waals surface area (Å²) < 4.78 is 3.17. The fourth-order valence-electron chi connectivity index (χ4n) is 3.42. The molecular formula is C23H23N5O2S. The number of anilines is 1. The van der Waals surface area contributed by atoms with Crippen molar-refractivity contribution in [1.82, 2.24) is 19.2 Å². The van der Waals surface area contributed by atoms with Crippen molar-refractivity contribution in [3.05, 3.63) is 81.4 Å². The molecule has 1 amide bonds. The van der Waals surface area contributed by atoms with Gasteiger partial charge in [-0.3, -0.25) is 18.6 Å². The fraction of sp³-hybridized carbons (Fsp3) is 0.217. The molecule has 158 valence electrons. The Balaban J connectivity index is 1.53. The van der Waals surface area contributed by atoms with Crippen molar-refractivity contribution in [1.29, 1.82) is 0 Å². The summed E-state index contributed by atoms with van der Waals surface area (Å²) in [6, 6.07) is 11.8. The summed E-state index contributed by atoms with van der Waals surface area (Å²) in [4.78, 5) is 25.3. The van der Waals surface area contributed by atoms with Gasteiger partial charge in [0, 0.05) is 23.8 Å². The predicted molar refractivity (Wildman–Crippen MR) is 123 cm³/mol. The summed E-state index contributed by atoms with van der Waals surface area (Å²) in [6.07, 6.45) is 3.44. The minimum Gasteiger partial charge on any atom is -0.325 e. The third-order valence-corrected chi connectivity index (χ3v) is 5.99. The van der Waals surface area contributed by atoms with Gasteiger partial charge in [0.1, 0.15) is 0 Å². The number of hydrogen-bond acceptors (Lipinski definition) is 5. The molecule has 0 bridgehead atoms. The van der Waals surface area contributed by atoms with E-state index >= 15 is 0 Å². The minimum atomic E-state index is -0.259. The van der Waals surface area contributed by atoms with Crippen molar-refractivity contribution in [2.24, 2.45) is 0 Å². The average molecular weight is 434 g/mol. The number of benzene rings is 2. The third kappa shape index (κ3) is 4.39. The van der Waals surface area contributed by atoms with Gasteiger partial charge < -0.3 is 5.32 Å². The number of carbonyl (C=O) groups excluding carboxylic acids is 1. The molecule has 1 N–H and O–H groups in total. The average Bonchev–Trinajstić information content (AvgIpc) is 3.12. The number of nitrogens with one attached hydrogen (secondary N) is 1. The van der Waals surface area contributed by atoms with Crippen molar-refractivity contribution in [2.45, 2.75) is 32.9 Å². The van der Waals surface area contributed by atoms with E-state index in [1.165, 1.54) is 11.8 Å². The number of nitrogens with zero attached hydrogens (tertiary/aromatic N) is 4. The Morgan fingerprint density at radius 3 is 2.42 bits per heavy atom. The van der Waals surface area contributed by atoms with Gasteiger partial charge in [0.2, 0.25) is 11.6 Å². The number of rotatable bonds is 5. The molecule has 2 heterocycles. The molecule has 8 heteroatoms. The topological polar surface area (TPSA) is 81.3 Å². The Bertz CT molecular complexity index is 1340. The molecule has 0 fully saturated rings. The first-order valence-electron chi connectivity index (χ1n) is 9.87. The van der Waals surface area contributed by atoms with E-state index in [9.17, 15) is 9.59 Å². The highest BCUT2D eigenvalue weighted by Gasteiger charge is 2.14. The van der Waals surface area contributed by atoms with E-state index in [1.54, 1.807) is 21.4 Å². The molecule has 0 aliphatic carbocycles. The molecule has 7 nitrogen and oxygen atoms in total. The summed E-state index contributed by atoms with van der Waals surface area (Å²) in [6.45, 7) is 8.02. The van der Waals surface area contributed by atoms with Crippen LogP contribution in [0, 0.1) is 27.7 Å². The van der Waals surface area contributed by atoms with Crippen LogP contribution in [0.1, 0.15) is 22.3 Å². The van der Waals surface area contributed by atoms with E-state index in [2.05, 4.69) is 21.6 Å². The van der Waals surface area contributed by atoms with Crippen LogP contribution in [-0.4, -0.2) is 30.8 Å². The van der Waals surface area contributed by atoms with Gasteiger partial charge in [0.25, 0.3) is 0 Å². The van der Waals surface area contributed by atoms with Crippen LogP contribution in [0.5, 0.6) is 0 Å². The normalized spacial score (nSPS) is 11.1. The summed E-state index contributed by atoms with van der Waals surface area (Å²) in [7, 11) is 0. The molecule has 31 heavy (non-hydrogen) atoms. The number of thioether (sulfide) groups is 1. The van der Waals surface area contributed by atoms with Crippen LogP contribution in [0.2, 0.25) is 0 Å². The van der Waals surface area contributed by atoms with Crippen LogP contribution < -0.4 is 10.9 Å². The van der Waals surface area contributed by atoms with Crippen molar-refractivity contribution >= 4 is 29.0 Å². The van der Waals surface area contributed by atoms with E-state index in [-0.39, 0.29) is 22.9 Å². The molecule has 0 aliphatic heterocycles. The van der Waals surface area contributed by atoms with Gasteiger partial charge in [0.15, 0.2) is 5.16 Å². The molecule has 4 aromatic rings. The first kappa shape index (κ1) is 20.9. The Kier molecular flexibility index (Phi) is 5.65. The van der Waals surface area contributed by atoms with Crippen molar-refractivity contribution in [3.63, 3.8) is 0 Å². The summed E-state index contributed by atoms with van der Waals surface area (Å²) in [5, 5.41) is 11.6. The Morgan fingerprint density at radius 2 is 1.71 bits per heavy atom. The van der Waals surface area contributed by atoms with Crippen LogP contribution in [0.4, 0.5) is 5.69 Å². The molecule has 0 spiro atoms. The second kappa shape index (κ2) is 8.39. The molecule has 0 unspecified atom stereocenters. The van der Waals surface area contributed by atoms with Crippen LogP contribution >= 0.6 is 11.8 Å². The summed E-state index contributed by atoms with van der Waals surface area (Å²) >= 11 is 1.24. The van der Waals surface area contributed by atoms with Crippen molar-refractivity contribution in [3.8, 4) is 5.69 Å². The lowest BCUT2D eigenvalue weighted by Gasteiger charge is -2.09. The predicted octanol–water partition coefficient (Wildman–Crippen LogP) is 3.84. The first-order chi connectivity index (χ1) is 14.8. The lowest BCUT2D eigenvalue weighted by atomic mass is 10.1. The molecule has 2 aromatic heterocycles. The number of aromatic nitrogens is 4. The molecule has 0 saturated carbocycles. The summed E-state index contributed by atoms with van der Waals surface area (Å²) in [5.41, 5.74) is 5.96. The van der Waals surface area contributed by atoms with E-state index in [0.717, 1.165) is 33.6 Å². The monoisotopic (exact) mass is 433 g/mol. The highest BCUT2D eigenvalue weighted by molar-refractivity contribution is 7.99. The summed E-state index contributed by atoms with van der Waals surface area (Å²) in [5.74, 6) is 0.0174. The number of fused-ring (bicyclic) bond motifs is 1. The van der Waals surface area contributed by atoms with Gasteiger partial charge in [-0.1, -0.05) is 23.9 Å². The SMILES string of the molecule is Cc1cc(C)cc(NC(=O)CSc2nnc3c(=O)n(-c4ccc(C)c(C)c4)ccn23)c1. The second-order valence-electron chi connectivity index (χ2n) is 7.63. The Labute approximate surface area is 184 Å². The van der Waals surface area contributed by atoms with E-state index in [1.807, 2.05) is 58.0 Å². The number of hydrogen-bond donors (Lipinski definition) is 1. The van der Waals surface area contributed by atoms with Crippen LogP contribution in [0.15, 0.2) is 58.7 Å². The number of aryl methyl sites for hydroxylation is 4. The largest absolute Gasteiger partial charge is 0.325 e. The lowest BCUT2D eigenvalue weighted by Crippen LogP contribution is -2.20. The van der Waals surface area contributed by atoms with Crippen molar-refractivity contribution < 1.29 is 4.79 Å². The van der Waals surface area contributed by atoms with Crippen LogP contribution in [-0.2, 0) is 4.79 Å². The van der Waals surface area contributed by atoms with Gasteiger partial charge in [-0.2, -0.15) is 0 Å². The van der Waals surface area contributed by atoms with E-state index in [0.29, 0.717) is 5.16 Å². The molecular weight excluding hydrogens is 410 g/mol. The quantitative estimate of drug-likeness (QED) is 0.484. The number of amides is 1. The molecule has 4 rings (SSSR count). The van der Waals surface area contributed by atoms with E-state index < -0.39 is 0 Å². The van der Waals surface area contributed by atoms with E-state index in [4.69, 9.17) is 0 Å². The zero-order valence-electron chi connectivity index (χ0n) is 17.8. The highest BCUT2D eigenvalue weighted by Crippen LogP contribution is 2.19. The highest BCUT2D eigenvalue weighted by atomic mass is 32.2. The van der Waals surface area contributed by atoms with Gasteiger partial charge in [-0.25, -0.2) is 0 Å². The second-order valence-corrected chi connectivity index (χ2v) is 8.57. The maximum absolute atomic E-state index is 12.9. The molecule has 0 atom stereocenters. The van der Waals surface area contributed by atoms with Gasteiger partial charge >= 0.3 is 5.56 Å². The third-order valence-electron chi connectivity index (χ3n) is 5.05. The molecule has 0 radical (unpaired) electrons. The lowest BCUT2D eigenvalue weighted by molar-refractivity contribution is -0.113. The molecule has 2 aromatic carbocycles. The maximum Gasteiger partial charge on any atom is 0.300 e.